The van der Waals surface area contributed by atoms with E-state index in [1.54, 1.807) is 0 Å². The van der Waals surface area contributed by atoms with Crippen LogP contribution in [0.15, 0.2) is 30.3 Å². The minimum Gasteiger partial charge on any atom is -0.321 e. The standard InChI is InChI=1S/C15H23N/c1-12(2)13-7-6-10-15(16,11-13)14-8-4-3-5-9-14/h3-5,8-9,12-13H,6-7,10-11,16H2,1-2H3. The zero-order chi connectivity index (χ0) is 11.6. The van der Waals surface area contributed by atoms with Crippen LogP contribution in [0.4, 0.5) is 0 Å². The SMILES string of the molecule is CC(C)C1CCCC(N)(c2ccccc2)C1. The Hall–Kier alpha value is -0.820. The number of benzene rings is 1. The molecule has 2 N–H and O–H groups in total. The van der Waals surface area contributed by atoms with Gasteiger partial charge in [0.15, 0.2) is 0 Å². The van der Waals surface area contributed by atoms with Crippen molar-refractivity contribution >= 4 is 0 Å². The van der Waals surface area contributed by atoms with E-state index in [2.05, 4.69) is 44.2 Å². The third-order valence-corrected chi connectivity index (χ3v) is 4.12. The molecule has 1 aromatic carbocycles. The molecule has 0 heterocycles. The van der Waals surface area contributed by atoms with Crippen LogP contribution in [-0.4, -0.2) is 0 Å². The summed E-state index contributed by atoms with van der Waals surface area (Å²) in [6.45, 7) is 4.64. The Balaban J connectivity index is 2.19. The summed E-state index contributed by atoms with van der Waals surface area (Å²) >= 11 is 0. The van der Waals surface area contributed by atoms with Crippen LogP contribution < -0.4 is 5.73 Å². The van der Waals surface area contributed by atoms with E-state index in [9.17, 15) is 0 Å². The maximum atomic E-state index is 6.61. The summed E-state index contributed by atoms with van der Waals surface area (Å²) in [6, 6.07) is 10.6. The van der Waals surface area contributed by atoms with Crippen LogP contribution in [0.3, 0.4) is 0 Å². The first-order chi connectivity index (χ1) is 7.62. The lowest BCUT2D eigenvalue weighted by Gasteiger charge is -2.40. The fourth-order valence-corrected chi connectivity index (χ4v) is 2.95. The number of hydrogen-bond acceptors (Lipinski definition) is 1. The Labute approximate surface area is 99.0 Å². The largest absolute Gasteiger partial charge is 0.321 e. The molecule has 1 aromatic rings. The van der Waals surface area contributed by atoms with Crippen molar-refractivity contribution in [3.05, 3.63) is 35.9 Å². The van der Waals surface area contributed by atoms with E-state index in [1.165, 1.54) is 18.4 Å². The molecule has 1 aliphatic carbocycles. The lowest BCUT2D eigenvalue weighted by atomic mass is 9.69. The smallest absolute Gasteiger partial charge is 0.0412 e. The average Bonchev–Trinajstić information content (AvgIpc) is 2.30. The molecule has 1 heteroatoms. The highest BCUT2D eigenvalue weighted by atomic mass is 14.8. The Kier molecular flexibility index (Phi) is 3.34. The van der Waals surface area contributed by atoms with Gasteiger partial charge in [-0.3, -0.25) is 0 Å². The lowest BCUT2D eigenvalue weighted by Crippen LogP contribution is -2.42. The Bertz CT molecular complexity index is 331. The van der Waals surface area contributed by atoms with Crippen LogP contribution in [0, 0.1) is 11.8 Å². The second kappa shape index (κ2) is 4.58. The number of nitrogens with two attached hydrogens (primary N) is 1. The summed E-state index contributed by atoms with van der Waals surface area (Å²) in [6.07, 6.45) is 4.91. The molecule has 2 unspecified atom stereocenters. The highest BCUT2D eigenvalue weighted by Gasteiger charge is 2.34. The van der Waals surface area contributed by atoms with Crippen molar-refractivity contribution < 1.29 is 0 Å². The van der Waals surface area contributed by atoms with Crippen LogP contribution in [0.5, 0.6) is 0 Å². The molecule has 1 aliphatic rings. The molecule has 0 spiro atoms. The average molecular weight is 217 g/mol. The van der Waals surface area contributed by atoms with E-state index < -0.39 is 0 Å². The van der Waals surface area contributed by atoms with Gasteiger partial charge in [0.1, 0.15) is 0 Å². The topological polar surface area (TPSA) is 26.0 Å². The van der Waals surface area contributed by atoms with E-state index in [0.717, 1.165) is 24.7 Å². The first-order valence-electron chi connectivity index (χ1n) is 6.46. The van der Waals surface area contributed by atoms with Crippen LogP contribution >= 0.6 is 0 Å². The van der Waals surface area contributed by atoms with Gasteiger partial charge in [-0.1, -0.05) is 57.0 Å². The Morgan fingerprint density at radius 2 is 1.94 bits per heavy atom. The molecule has 0 aliphatic heterocycles. The Morgan fingerprint density at radius 1 is 1.25 bits per heavy atom. The minimum absolute atomic E-state index is 0.0750. The molecule has 2 atom stereocenters. The maximum Gasteiger partial charge on any atom is 0.0412 e. The third-order valence-electron chi connectivity index (χ3n) is 4.12. The van der Waals surface area contributed by atoms with Crippen molar-refractivity contribution in [2.45, 2.75) is 45.1 Å². The van der Waals surface area contributed by atoms with Gasteiger partial charge >= 0.3 is 0 Å². The summed E-state index contributed by atoms with van der Waals surface area (Å²) in [7, 11) is 0. The molecule has 1 saturated carbocycles. The quantitative estimate of drug-likeness (QED) is 0.803. The molecule has 0 radical (unpaired) electrons. The first kappa shape index (κ1) is 11.7. The van der Waals surface area contributed by atoms with E-state index >= 15 is 0 Å². The minimum atomic E-state index is -0.0750. The monoisotopic (exact) mass is 217 g/mol. The van der Waals surface area contributed by atoms with E-state index in [0.29, 0.717) is 0 Å². The second-order valence-electron chi connectivity index (χ2n) is 5.62. The molecule has 1 nitrogen and oxygen atoms in total. The summed E-state index contributed by atoms with van der Waals surface area (Å²) in [5.41, 5.74) is 7.85. The van der Waals surface area contributed by atoms with Crippen molar-refractivity contribution in [1.82, 2.24) is 0 Å². The van der Waals surface area contributed by atoms with Crippen molar-refractivity contribution in [2.75, 3.05) is 0 Å². The maximum absolute atomic E-state index is 6.61. The zero-order valence-corrected chi connectivity index (χ0v) is 10.4. The van der Waals surface area contributed by atoms with Crippen LogP contribution in [0.25, 0.3) is 0 Å². The van der Waals surface area contributed by atoms with Gasteiger partial charge in [-0.2, -0.15) is 0 Å². The van der Waals surface area contributed by atoms with Crippen molar-refractivity contribution in [1.29, 1.82) is 0 Å². The van der Waals surface area contributed by atoms with Crippen molar-refractivity contribution in [3.63, 3.8) is 0 Å². The van der Waals surface area contributed by atoms with Crippen molar-refractivity contribution in [3.8, 4) is 0 Å². The van der Waals surface area contributed by atoms with Crippen molar-refractivity contribution in [2.24, 2.45) is 17.6 Å². The van der Waals surface area contributed by atoms with Crippen LogP contribution in [0.1, 0.15) is 45.1 Å². The summed E-state index contributed by atoms with van der Waals surface area (Å²) in [5, 5.41) is 0. The highest BCUT2D eigenvalue weighted by Crippen LogP contribution is 2.40. The molecular formula is C15H23N. The molecule has 0 bridgehead atoms. The predicted octanol–water partition coefficient (Wildman–Crippen LogP) is 3.69. The fourth-order valence-electron chi connectivity index (χ4n) is 2.95. The van der Waals surface area contributed by atoms with E-state index in [1.807, 2.05) is 0 Å². The van der Waals surface area contributed by atoms with Gasteiger partial charge in [-0.25, -0.2) is 0 Å². The van der Waals surface area contributed by atoms with Gasteiger partial charge in [0.05, 0.1) is 0 Å². The highest BCUT2D eigenvalue weighted by molar-refractivity contribution is 5.24. The first-order valence-corrected chi connectivity index (χ1v) is 6.46. The van der Waals surface area contributed by atoms with E-state index in [4.69, 9.17) is 5.73 Å². The molecule has 2 rings (SSSR count). The molecule has 0 amide bonds. The van der Waals surface area contributed by atoms with E-state index in [-0.39, 0.29) is 5.54 Å². The summed E-state index contributed by atoms with van der Waals surface area (Å²) in [4.78, 5) is 0. The lowest BCUT2D eigenvalue weighted by molar-refractivity contribution is 0.184. The zero-order valence-electron chi connectivity index (χ0n) is 10.4. The van der Waals surface area contributed by atoms with Gasteiger partial charge in [0.25, 0.3) is 0 Å². The molecule has 1 fully saturated rings. The predicted molar refractivity (Wildman–Crippen MR) is 69.1 cm³/mol. The van der Waals surface area contributed by atoms with Gasteiger partial charge in [-0.15, -0.1) is 0 Å². The summed E-state index contributed by atoms with van der Waals surface area (Å²) in [5.74, 6) is 1.55. The number of rotatable bonds is 2. The normalized spacial score (nSPS) is 30.6. The molecule has 0 saturated heterocycles. The van der Waals surface area contributed by atoms with Gasteiger partial charge < -0.3 is 5.73 Å². The molecule has 88 valence electrons. The van der Waals surface area contributed by atoms with Crippen LogP contribution in [-0.2, 0) is 5.54 Å². The van der Waals surface area contributed by atoms with Gasteiger partial charge in [-0.05, 0) is 30.2 Å². The number of hydrogen-bond donors (Lipinski definition) is 1. The molecule has 16 heavy (non-hydrogen) atoms. The fraction of sp³-hybridized carbons (Fsp3) is 0.600. The third kappa shape index (κ3) is 2.30. The molecule has 0 aromatic heterocycles. The Morgan fingerprint density at radius 3 is 2.56 bits per heavy atom. The van der Waals surface area contributed by atoms with Gasteiger partial charge in [0.2, 0.25) is 0 Å². The summed E-state index contributed by atoms with van der Waals surface area (Å²) < 4.78 is 0. The van der Waals surface area contributed by atoms with Gasteiger partial charge in [0, 0.05) is 5.54 Å². The molecular weight excluding hydrogens is 194 g/mol. The second-order valence-corrected chi connectivity index (χ2v) is 5.62. The van der Waals surface area contributed by atoms with Crippen LogP contribution in [0.2, 0.25) is 0 Å².